The number of alkyl halides is 1. The Morgan fingerprint density at radius 2 is 1.65 bits per heavy atom. The van der Waals surface area contributed by atoms with Crippen molar-refractivity contribution in [1.29, 1.82) is 0 Å². The predicted octanol–water partition coefficient (Wildman–Crippen LogP) is 5.56. The van der Waals surface area contributed by atoms with Crippen LogP contribution in [0.3, 0.4) is 0 Å². The van der Waals surface area contributed by atoms with Crippen LogP contribution in [0.1, 0.15) is 37.7 Å². The van der Waals surface area contributed by atoms with Gasteiger partial charge in [0.1, 0.15) is 0 Å². The fraction of sp³-hybridized carbons (Fsp3) is 0.667. The highest BCUT2D eigenvalue weighted by atomic mass is 35.5. The Kier molecular flexibility index (Phi) is 3.51. The maximum atomic E-state index is 6.87. The second kappa shape index (κ2) is 5.21. The molecule has 4 saturated carbocycles. The third-order valence-electron chi connectivity index (χ3n) is 6.04. The van der Waals surface area contributed by atoms with Gasteiger partial charge in [0.25, 0.3) is 0 Å². The Balaban J connectivity index is 1.50. The molecule has 0 saturated heterocycles. The Hall–Kier alpha value is -0.200. The van der Waals surface area contributed by atoms with Crippen molar-refractivity contribution in [3.05, 3.63) is 34.9 Å². The lowest BCUT2D eigenvalue weighted by atomic mass is 9.51. The van der Waals surface area contributed by atoms with E-state index < -0.39 is 0 Å². The van der Waals surface area contributed by atoms with Crippen LogP contribution in [0.25, 0.3) is 0 Å². The average Bonchev–Trinajstić information content (AvgIpc) is 2.37. The van der Waals surface area contributed by atoms with E-state index in [9.17, 15) is 0 Å². The summed E-state index contributed by atoms with van der Waals surface area (Å²) in [4.78, 5) is 0. The summed E-state index contributed by atoms with van der Waals surface area (Å²) in [5.41, 5.74) is 1.30. The maximum Gasteiger partial charge on any atom is 0.0409 e. The molecule has 0 nitrogen and oxygen atoms in total. The largest absolute Gasteiger partial charge is 0.122 e. The van der Waals surface area contributed by atoms with Gasteiger partial charge < -0.3 is 0 Å². The van der Waals surface area contributed by atoms with E-state index in [4.69, 9.17) is 23.2 Å². The lowest BCUT2D eigenvalue weighted by Gasteiger charge is -2.55. The van der Waals surface area contributed by atoms with Gasteiger partial charge in [-0.25, -0.2) is 0 Å². The lowest BCUT2D eigenvalue weighted by molar-refractivity contribution is -0.0376. The summed E-state index contributed by atoms with van der Waals surface area (Å²) in [5, 5.41) is 1.12. The molecule has 0 radical (unpaired) electrons. The quantitative estimate of drug-likeness (QED) is 0.641. The molecule has 1 unspecified atom stereocenters. The Labute approximate surface area is 131 Å². The molecule has 0 aliphatic heterocycles. The van der Waals surface area contributed by atoms with Crippen LogP contribution >= 0.6 is 23.2 Å². The summed E-state index contributed by atoms with van der Waals surface area (Å²) < 4.78 is 0. The van der Waals surface area contributed by atoms with Crippen molar-refractivity contribution in [1.82, 2.24) is 0 Å². The molecule has 0 heterocycles. The predicted molar refractivity (Wildman–Crippen MR) is 85.3 cm³/mol. The molecule has 4 bridgehead atoms. The van der Waals surface area contributed by atoms with Gasteiger partial charge in [-0.1, -0.05) is 23.7 Å². The second-order valence-corrected chi connectivity index (χ2v) is 8.36. The van der Waals surface area contributed by atoms with Crippen LogP contribution in [-0.2, 0) is 6.42 Å². The van der Waals surface area contributed by atoms with Crippen LogP contribution in [0.5, 0.6) is 0 Å². The van der Waals surface area contributed by atoms with Crippen LogP contribution in [0, 0.1) is 29.6 Å². The van der Waals surface area contributed by atoms with Gasteiger partial charge in [0.15, 0.2) is 0 Å². The van der Waals surface area contributed by atoms with E-state index in [-0.39, 0.29) is 0 Å². The van der Waals surface area contributed by atoms with E-state index in [2.05, 4.69) is 12.1 Å². The highest BCUT2D eigenvalue weighted by Crippen LogP contribution is 2.58. The third kappa shape index (κ3) is 2.40. The van der Waals surface area contributed by atoms with Crippen molar-refractivity contribution in [2.45, 2.75) is 43.9 Å². The summed E-state index contributed by atoms with van der Waals surface area (Å²) in [6.07, 6.45) is 8.32. The van der Waals surface area contributed by atoms with E-state index in [0.717, 1.165) is 41.0 Å². The molecule has 0 N–H and O–H groups in total. The van der Waals surface area contributed by atoms with Crippen molar-refractivity contribution >= 4 is 23.2 Å². The van der Waals surface area contributed by atoms with Gasteiger partial charge in [-0.2, -0.15) is 0 Å². The first kappa shape index (κ1) is 13.5. The molecule has 4 aliphatic carbocycles. The minimum Gasteiger partial charge on any atom is -0.122 e. The van der Waals surface area contributed by atoms with Gasteiger partial charge in [-0.3, -0.25) is 0 Å². The number of halogens is 2. The summed E-state index contributed by atoms with van der Waals surface area (Å²) in [6.45, 7) is 0. The number of hydrogen-bond donors (Lipinski definition) is 0. The standard InChI is InChI=1S/C18H22Cl2/c19-16-3-1-2-11(9-16)10-17(20)18-14-5-12-4-13(7-14)8-15(18)6-12/h1-3,9,12-15,17-18H,4-8,10H2. The van der Waals surface area contributed by atoms with Crippen LogP contribution in [0.4, 0.5) is 0 Å². The van der Waals surface area contributed by atoms with Crippen LogP contribution < -0.4 is 0 Å². The van der Waals surface area contributed by atoms with Gasteiger partial charge in [0, 0.05) is 10.4 Å². The minimum atomic E-state index is 0.295. The van der Waals surface area contributed by atoms with Crippen molar-refractivity contribution in [3.63, 3.8) is 0 Å². The molecule has 20 heavy (non-hydrogen) atoms. The number of hydrogen-bond acceptors (Lipinski definition) is 0. The van der Waals surface area contributed by atoms with Gasteiger partial charge in [0.05, 0.1) is 0 Å². The summed E-state index contributed by atoms with van der Waals surface area (Å²) >= 11 is 13.0. The zero-order chi connectivity index (χ0) is 13.7. The Bertz CT molecular complexity index is 468. The van der Waals surface area contributed by atoms with Crippen LogP contribution in [0.15, 0.2) is 24.3 Å². The Morgan fingerprint density at radius 1 is 1.00 bits per heavy atom. The van der Waals surface area contributed by atoms with Gasteiger partial charge in [-0.15, -0.1) is 11.6 Å². The van der Waals surface area contributed by atoms with Crippen molar-refractivity contribution < 1.29 is 0 Å². The first-order valence-electron chi connectivity index (χ1n) is 8.07. The van der Waals surface area contributed by atoms with Crippen LogP contribution in [0.2, 0.25) is 5.02 Å². The first-order valence-corrected chi connectivity index (χ1v) is 8.89. The minimum absolute atomic E-state index is 0.295. The Morgan fingerprint density at radius 3 is 2.25 bits per heavy atom. The van der Waals surface area contributed by atoms with Crippen molar-refractivity contribution in [2.75, 3.05) is 0 Å². The first-order chi connectivity index (χ1) is 9.69. The highest BCUT2D eigenvalue weighted by Gasteiger charge is 2.50. The summed E-state index contributed by atoms with van der Waals surface area (Å²) in [7, 11) is 0. The molecule has 1 aromatic rings. The van der Waals surface area contributed by atoms with E-state index >= 15 is 0 Å². The van der Waals surface area contributed by atoms with Crippen LogP contribution in [-0.4, -0.2) is 5.38 Å². The maximum absolute atomic E-state index is 6.87. The molecule has 2 heteroatoms. The molecular weight excluding hydrogens is 287 g/mol. The SMILES string of the molecule is Clc1cccc(CC(Cl)C2C3CC4CC(C3)CC2C4)c1. The third-order valence-corrected chi connectivity index (χ3v) is 6.72. The average molecular weight is 309 g/mol. The zero-order valence-corrected chi connectivity index (χ0v) is 13.3. The number of benzene rings is 1. The molecule has 108 valence electrons. The molecular formula is C18H22Cl2. The summed E-state index contributed by atoms with van der Waals surface area (Å²) in [5.74, 6) is 4.64. The van der Waals surface area contributed by atoms with Crippen molar-refractivity contribution in [3.8, 4) is 0 Å². The lowest BCUT2D eigenvalue weighted by Crippen LogP contribution is -2.48. The molecule has 0 amide bonds. The fourth-order valence-corrected chi connectivity index (χ4v) is 6.39. The van der Waals surface area contributed by atoms with E-state index in [1.807, 2.05) is 12.1 Å². The van der Waals surface area contributed by atoms with Gasteiger partial charge in [0.2, 0.25) is 0 Å². The topological polar surface area (TPSA) is 0 Å². The van der Waals surface area contributed by atoms with E-state index in [1.165, 1.54) is 37.7 Å². The molecule has 0 aromatic heterocycles. The highest BCUT2D eigenvalue weighted by molar-refractivity contribution is 6.30. The second-order valence-electron chi connectivity index (χ2n) is 7.36. The van der Waals surface area contributed by atoms with E-state index in [1.54, 1.807) is 0 Å². The smallest absolute Gasteiger partial charge is 0.0409 e. The normalized spacial score (nSPS) is 40.0. The van der Waals surface area contributed by atoms with E-state index in [0.29, 0.717) is 5.38 Å². The molecule has 1 atom stereocenters. The summed E-state index contributed by atoms with van der Waals surface area (Å²) in [6, 6.07) is 8.22. The van der Waals surface area contributed by atoms with Gasteiger partial charge >= 0.3 is 0 Å². The van der Waals surface area contributed by atoms with Gasteiger partial charge in [-0.05, 0) is 85.8 Å². The molecule has 5 rings (SSSR count). The molecule has 4 aliphatic rings. The van der Waals surface area contributed by atoms with Crippen molar-refractivity contribution in [2.24, 2.45) is 29.6 Å². The zero-order valence-electron chi connectivity index (χ0n) is 11.8. The molecule has 0 spiro atoms. The molecule has 4 fully saturated rings. The molecule has 1 aromatic carbocycles. The monoisotopic (exact) mass is 308 g/mol. The number of rotatable bonds is 3. The fourth-order valence-electron chi connectivity index (χ4n) is 5.58.